The fraction of sp³-hybridized carbons (Fsp3) is 1.00. The van der Waals surface area contributed by atoms with Crippen molar-refractivity contribution >= 4 is 10.0 Å². The Hall–Kier alpha value is -0.0900. The molecule has 0 atom stereocenters. The topological polar surface area (TPSA) is 46.2 Å². The molecule has 0 rings (SSSR count). The maximum atomic E-state index is 10.9. The van der Waals surface area contributed by atoms with Crippen LogP contribution in [0.3, 0.4) is 0 Å². The predicted octanol–water partition coefficient (Wildman–Crippen LogP) is 1.36. The number of rotatable bonds is 4. The van der Waals surface area contributed by atoms with E-state index in [1.54, 1.807) is 0 Å². The minimum Gasteiger partial charge on any atom is -0.213 e. The fourth-order valence-electron chi connectivity index (χ4n) is 1.56. The molecule has 0 aliphatic heterocycles. The molecule has 0 aromatic heterocycles. The first-order valence-corrected chi connectivity index (χ1v) is 6.00. The highest BCUT2D eigenvalue weighted by molar-refractivity contribution is 7.88. The number of hydrogen-bond acceptors (Lipinski definition) is 2. The molecule has 3 nitrogen and oxygen atoms in total. The predicted molar refractivity (Wildman–Crippen MR) is 51.5 cm³/mol. The Kier molecular flexibility index (Phi) is 3.72. The molecule has 0 unspecified atom stereocenters. The first-order valence-electron chi connectivity index (χ1n) is 4.11. The Labute approximate surface area is 75.6 Å². The maximum absolute atomic E-state index is 10.9. The summed E-state index contributed by atoms with van der Waals surface area (Å²) < 4.78 is 24.4. The fourth-order valence-corrected chi connectivity index (χ4v) is 2.65. The van der Waals surface area contributed by atoms with Gasteiger partial charge in [-0.05, 0) is 26.2 Å². The first kappa shape index (κ1) is 11.9. The zero-order chi connectivity index (χ0) is 9.99. The van der Waals surface area contributed by atoms with Gasteiger partial charge in [-0.3, -0.25) is 0 Å². The van der Waals surface area contributed by atoms with Gasteiger partial charge in [0.15, 0.2) is 0 Å². The molecule has 0 radical (unpaired) electrons. The number of hydrogen-bond donors (Lipinski definition) is 1. The van der Waals surface area contributed by atoms with Crippen LogP contribution in [-0.4, -0.2) is 20.2 Å². The molecule has 0 heterocycles. The molecule has 0 amide bonds. The molecule has 1 N–H and O–H groups in total. The zero-order valence-electron chi connectivity index (χ0n) is 8.51. The van der Waals surface area contributed by atoms with Crippen LogP contribution >= 0.6 is 0 Å². The molecule has 4 heteroatoms. The largest absolute Gasteiger partial charge is 0.213 e. The minimum atomic E-state index is -3.08. The van der Waals surface area contributed by atoms with Crippen LogP contribution in [0.25, 0.3) is 0 Å². The molecule has 0 spiro atoms. The number of nitrogens with one attached hydrogen (secondary N) is 1. The van der Waals surface area contributed by atoms with E-state index in [9.17, 15) is 8.42 Å². The summed E-state index contributed by atoms with van der Waals surface area (Å²) in [5, 5.41) is 0. The van der Waals surface area contributed by atoms with E-state index in [0.29, 0.717) is 5.92 Å². The van der Waals surface area contributed by atoms with Gasteiger partial charge >= 0.3 is 0 Å². The summed E-state index contributed by atoms with van der Waals surface area (Å²) in [7, 11) is -3.08. The average molecular weight is 193 g/mol. The van der Waals surface area contributed by atoms with Crippen molar-refractivity contribution in [2.24, 2.45) is 5.92 Å². The van der Waals surface area contributed by atoms with Gasteiger partial charge in [-0.25, -0.2) is 13.1 Å². The average Bonchev–Trinajstić information content (AvgIpc) is 1.48. The van der Waals surface area contributed by atoms with Gasteiger partial charge in [-0.15, -0.1) is 0 Å². The van der Waals surface area contributed by atoms with Crippen LogP contribution in [0.1, 0.15) is 34.1 Å². The van der Waals surface area contributed by atoms with Gasteiger partial charge in [-0.1, -0.05) is 13.8 Å². The highest BCUT2D eigenvalue weighted by atomic mass is 32.2. The molecule has 0 saturated carbocycles. The molecule has 74 valence electrons. The molecular formula is C8H19NO2S. The van der Waals surface area contributed by atoms with Crippen molar-refractivity contribution in [2.75, 3.05) is 6.26 Å². The second-order valence-electron chi connectivity index (χ2n) is 4.36. The Morgan fingerprint density at radius 2 is 1.75 bits per heavy atom. The van der Waals surface area contributed by atoms with E-state index in [0.717, 1.165) is 6.42 Å². The van der Waals surface area contributed by atoms with Crippen molar-refractivity contribution < 1.29 is 8.42 Å². The SMILES string of the molecule is CC(C)CC(C)(C)NS(C)(=O)=O. The molecule has 0 saturated heterocycles. The van der Waals surface area contributed by atoms with Crippen molar-refractivity contribution in [1.82, 2.24) is 4.72 Å². The standard InChI is InChI=1S/C8H19NO2S/c1-7(2)6-8(3,4)9-12(5,10)11/h7,9H,6H2,1-5H3. The first-order chi connectivity index (χ1) is 5.12. The summed E-state index contributed by atoms with van der Waals surface area (Å²) >= 11 is 0. The second kappa shape index (κ2) is 3.75. The van der Waals surface area contributed by atoms with Gasteiger partial charge in [0.2, 0.25) is 10.0 Å². The second-order valence-corrected chi connectivity index (χ2v) is 6.10. The van der Waals surface area contributed by atoms with Crippen molar-refractivity contribution in [2.45, 2.75) is 39.7 Å². The summed E-state index contributed by atoms with van der Waals surface area (Å²) in [5.74, 6) is 0.495. The van der Waals surface area contributed by atoms with Crippen LogP contribution < -0.4 is 4.72 Å². The van der Waals surface area contributed by atoms with Crippen LogP contribution in [0.5, 0.6) is 0 Å². The smallest absolute Gasteiger partial charge is 0.209 e. The Balaban J connectivity index is 4.23. The van der Waals surface area contributed by atoms with E-state index in [-0.39, 0.29) is 5.54 Å². The molecule has 0 bridgehead atoms. The van der Waals surface area contributed by atoms with E-state index < -0.39 is 10.0 Å². The monoisotopic (exact) mass is 193 g/mol. The van der Waals surface area contributed by atoms with Gasteiger partial charge in [-0.2, -0.15) is 0 Å². The van der Waals surface area contributed by atoms with E-state index >= 15 is 0 Å². The summed E-state index contributed by atoms with van der Waals surface area (Å²) in [4.78, 5) is 0. The Morgan fingerprint density at radius 1 is 1.33 bits per heavy atom. The van der Waals surface area contributed by atoms with Crippen molar-refractivity contribution in [3.8, 4) is 0 Å². The molecule has 0 aromatic rings. The lowest BCUT2D eigenvalue weighted by atomic mass is 9.94. The van der Waals surface area contributed by atoms with Crippen LogP contribution in [0, 0.1) is 5.92 Å². The van der Waals surface area contributed by atoms with Gasteiger partial charge < -0.3 is 0 Å². The maximum Gasteiger partial charge on any atom is 0.209 e. The van der Waals surface area contributed by atoms with E-state index in [2.05, 4.69) is 18.6 Å². The van der Waals surface area contributed by atoms with Gasteiger partial charge in [0.05, 0.1) is 6.26 Å². The van der Waals surface area contributed by atoms with Gasteiger partial charge in [0.1, 0.15) is 0 Å². The van der Waals surface area contributed by atoms with Crippen LogP contribution in [0.2, 0.25) is 0 Å². The van der Waals surface area contributed by atoms with Crippen LogP contribution in [0.15, 0.2) is 0 Å². The van der Waals surface area contributed by atoms with Gasteiger partial charge in [0, 0.05) is 5.54 Å². The third-order valence-electron chi connectivity index (χ3n) is 1.38. The lowest BCUT2D eigenvalue weighted by Gasteiger charge is -2.26. The molecule has 12 heavy (non-hydrogen) atoms. The summed E-state index contributed by atoms with van der Waals surface area (Å²) in [6.07, 6.45) is 2.04. The van der Waals surface area contributed by atoms with Gasteiger partial charge in [0.25, 0.3) is 0 Å². The molecule has 0 aromatic carbocycles. The summed E-state index contributed by atoms with van der Waals surface area (Å²) in [5.41, 5.74) is -0.332. The molecule has 0 aliphatic rings. The highest BCUT2D eigenvalue weighted by Gasteiger charge is 2.22. The van der Waals surface area contributed by atoms with Crippen LogP contribution in [-0.2, 0) is 10.0 Å². The molecule has 0 fully saturated rings. The lowest BCUT2D eigenvalue weighted by Crippen LogP contribution is -2.43. The minimum absolute atomic E-state index is 0.332. The van der Waals surface area contributed by atoms with E-state index in [1.165, 1.54) is 6.26 Å². The zero-order valence-corrected chi connectivity index (χ0v) is 9.33. The Bertz CT molecular complexity index is 229. The summed E-state index contributed by atoms with van der Waals surface area (Å²) in [6.45, 7) is 7.94. The highest BCUT2D eigenvalue weighted by Crippen LogP contribution is 2.15. The van der Waals surface area contributed by atoms with Crippen LogP contribution in [0.4, 0.5) is 0 Å². The lowest BCUT2D eigenvalue weighted by molar-refractivity contribution is 0.366. The van der Waals surface area contributed by atoms with Crippen molar-refractivity contribution in [3.63, 3.8) is 0 Å². The third-order valence-corrected chi connectivity index (χ3v) is 2.30. The van der Waals surface area contributed by atoms with Crippen molar-refractivity contribution in [1.29, 1.82) is 0 Å². The number of sulfonamides is 1. The normalized spacial score (nSPS) is 13.8. The van der Waals surface area contributed by atoms with E-state index in [4.69, 9.17) is 0 Å². The Morgan fingerprint density at radius 3 is 2.00 bits per heavy atom. The van der Waals surface area contributed by atoms with E-state index in [1.807, 2.05) is 13.8 Å². The summed E-state index contributed by atoms with van der Waals surface area (Å²) in [6, 6.07) is 0. The quantitative estimate of drug-likeness (QED) is 0.732. The molecular weight excluding hydrogens is 174 g/mol. The van der Waals surface area contributed by atoms with Crippen molar-refractivity contribution in [3.05, 3.63) is 0 Å². The third kappa shape index (κ3) is 6.61. The molecule has 0 aliphatic carbocycles.